The van der Waals surface area contributed by atoms with E-state index in [9.17, 15) is 9.59 Å². The molecule has 7 nitrogen and oxygen atoms in total. The number of likely N-dealkylation sites (tertiary alicyclic amines) is 1. The highest BCUT2D eigenvalue weighted by Crippen LogP contribution is 2.67. The summed E-state index contributed by atoms with van der Waals surface area (Å²) >= 11 is 0. The molecular weight excluding hydrogens is 504 g/mol. The largest absolute Gasteiger partial charge is 0.493 e. The maximum Gasteiger partial charge on any atom is 0.303 e. The molecule has 1 amide bonds. The highest BCUT2D eigenvalue weighted by atomic mass is 16.6. The molecule has 1 spiro atoms. The van der Waals surface area contributed by atoms with E-state index in [0.717, 1.165) is 36.3 Å². The minimum atomic E-state index is -0.732. The van der Waals surface area contributed by atoms with Gasteiger partial charge in [0.25, 0.3) is 0 Å². The Balaban J connectivity index is 1.48. The number of benzene rings is 2. The lowest BCUT2D eigenvalue weighted by molar-refractivity contribution is -0.221. The van der Waals surface area contributed by atoms with Crippen molar-refractivity contribution in [1.29, 1.82) is 0 Å². The van der Waals surface area contributed by atoms with Crippen molar-refractivity contribution >= 4 is 18.0 Å². The highest BCUT2D eigenvalue weighted by Gasteiger charge is 2.75. The SMILES string of the molecule is COc1ccc2c3c1OC1C(N(CC(C)C)C(=O)/C=C/c4ccccc4)CC[C@@]4(OC(C)=O)[C@@H](C2)N(C)CC[C@]314. The zero-order chi connectivity index (χ0) is 28.2. The molecule has 2 aliphatic carbocycles. The first-order chi connectivity index (χ1) is 19.2. The Morgan fingerprint density at radius 3 is 2.65 bits per heavy atom. The molecule has 5 atom stereocenters. The molecule has 1 saturated carbocycles. The number of ether oxygens (including phenoxy) is 3. The van der Waals surface area contributed by atoms with Gasteiger partial charge < -0.3 is 19.1 Å². The fourth-order valence-electron chi connectivity index (χ4n) is 8.24. The molecule has 6 rings (SSSR count). The Bertz CT molecular complexity index is 1340. The summed E-state index contributed by atoms with van der Waals surface area (Å²) in [4.78, 5) is 31.1. The van der Waals surface area contributed by atoms with Crippen molar-refractivity contribution in [3.05, 3.63) is 65.2 Å². The minimum absolute atomic E-state index is 0.0222. The number of likely N-dealkylation sites (N-methyl/N-ethyl adjacent to an activating group) is 1. The molecule has 0 N–H and O–H groups in total. The van der Waals surface area contributed by atoms with Crippen LogP contribution in [0.25, 0.3) is 6.08 Å². The third-order valence-corrected chi connectivity index (χ3v) is 9.65. The van der Waals surface area contributed by atoms with Crippen LogP contribution in [0, 0.1) is 5.92 Å². The van der Waals surface area contributed by atoms with Gasteiger partial charge in [-0.05, 0) is 68.5 Å². The third-order valence-electron chi connectivity index (χ3n) is 9.65. The molecule has 0 radical (unpaired) electrons. The molecule has 0 aromatic heterocycles. The van der Waals surface area contributed by atoms with Crippen LogP contribution >= 0.6 is 0 Å². The van der Waals surface area contributed by atoms with Crippen molar-refractivity contribution in [2.24, 2.45) is 5.92 Å². The van der Waals surface area contributed by atoms with Gasteiger partial charge in [0.15, 0.2) is 11.5 Å². The Labute approximate surface area is 237 Å². The zero-order valence-corrected chi connectivity index (χ0v) is 24.2. The van der Waals surface area contributed by atoms with Crippen molar-refractivity contribution < 1.29 is 23.8 Å². The maximum absolute atomic E-state index is 13.9. The Morgan fingerprint density at radius 2 is 1.95 bits per heavy atom. The molecule has 40 heavy (non-hydrogen) atoms. The molecule has 2 bridgehead atoms. The normalized spacial score (nSPS) is 30.1. The standard InChI is InChI=1S/C33H40N2O5/c1-21(2)20-35(28(37)14-11-23-9-7-6-8-10-23)25-15-16-33(40-22(3)36)27-19-24-12-13-26(38-5)30-29(24)32(33,31(25)39-30)17-18-34(27)4/h6-14,21,25,27,31H,15-20H2,1-5H3/b14-11+/t25?,27-,31?,32+,33-/m1/s1. The zero-order valence-electron chi connectivity index (χ0n) is 24.2. The van der Waals surface area contributed by atoms with Crippen LogP contribution in [-0.4, -0.2) is 72.7 Å². The molecule has 1 saturated heterocycles. The van der Waals surface area contributed by atoms with E-state index in [4.69, 9.17) is 14.2 Å². The molecular formula is C33H40N2O5. The Kier molecular flexibility index (Phi) is 6.68. The van der Waals surface area contributed by atoms with E-state index in [2.05, 4.69) is 31.9 Å². The lowest BCUT2D eigenvalue weighted by Gasteiger charge is -2.65. The van der Waals surface area contributed by atoms with Crippen LogP contribution in [0.5, 0.6) is 11.5 Å². The molecule has 7 heteroatoms. The topological polar surface area (TPSA) is 68.3 Å². The van der Waals surface area contributed by atoms with Gasteiger partial charge in [0.05, 0.1) is 24.6 Å². The van der Waals surface area contributed by atoms with Gasteiger partial charge in [-0.2, -0.15) is 0 Å². The first kappa shape index (κ1) is 26.9. The summed E-state index contributed by atoms with van der Waals surface area (Å²) in [5.74, 6) is 1.44. The first-order valence-corrected chi connectivity index (χ1v) is 14.5. The highest BCUT2D eigenvalue weighted by molar-refractivity contribution is 5.92. The molecule has 2 aliphatic heterocycles. The van der Waals surface area contributed by atoms with Gasteiger partial charge >= 0.3 is 5.97 Å². The fourth-order valence-corrected chi connectivity index (χ4v) is 8.24. The van der Waals surface area contributed by atoms with Crippen LogP contribution in [-0.2, 0) is 26.2 Å². The monoisotopic (exact) mass is 544 g/mol. The summed E-state index contributed by atoms with van der Waals surface area (Å²) in [6.45, 7) is 7.28. The van der Waals surface area contributed by atoms with Gasteiger partial charge in [-0.1, -0.05) is 50.2 Å². The lowest BCUT2D eigenvalue weighted by atomic mass is 9.48. The lowest BCUT2D eigenvalue weighted by Crippen LogP contribution is -2.79. The quantitative estimate of drug-likeness (QED) is 0.375. The predicted molar refractivity (Wildman–Crippen MR) is 153 cm³/mol. The summed E-state index contributed by atoms with van der Waals surface area (Å²) in [6, 6.07) is 13.9. The third kappa shape index (κ3) is 3.88. The van der Waals surface area contributed by atoms with Gasteiger partial charge in [0, 0.05) is 25.1 Å². The van der Waals surface area contributed by atoms with Crippen LogP contribution in [0.2, 0.25) is 0 Å². The minimum Gasteiger partial charge on any atom is -0.493 e. The van der Waals surface area contributed by atoms with E-state index in [0.29, 0.717) is 25.1 Å². The molecule has 212 valence electrons. The second kappa shape index (κ2) is 9.95. The number of carbonyl (C=O) groups excluding carboxylic acids is 2. The summed E-state index contributed by atoms with van der Waals surface area (Å²) in [5, 5.41) is 0. The van der Waals surface area contributed by atoms with Crippen molar-refractivity contribution in [1.82, 2.24) is 9.80 Å². The van der Waals surface area contributed by atoms with E-state index in [-0.39, 0.29) is 36.0 Å². The van der Waals surface area contributed by atoms with Crippen LogP contribution < -0.4 is 9.47 Å². The average molecular weight is 545 g/mol. The van der Waals surface area contributed by atoms with Crippen molar-refractivity contribution in [3.63, 3.8) is 0 Å². The second-order valence-corrected chi connectivity index (χ2v) is 12.3. The Morgan fingerprint density at radius 1 is 1.18 bits per heavy atom. The van der Waals surface area contributed by atoms with Crippen LogP contribution in [0.4, 0.5) is 0 Å². The first-order valence-electron chi connectivity index (χ1n) is 14.5. The van der Waals surface area contributed by atoms with Gasteiger partial charge in [0.1, 0.15) is 11.7 Å². The molecule has 2 fully saturated rings. The fraction of sp³-hybridized carbons (Fsp3) is 0.515. The summed E-state index contributed by atoms with van der Waals surface area (Å²) < 4.78 is 19.3. The second-order valence-electron chi connectivity index (χ2n) is 12.3. The number of carbonyl (C=O) groups is 2. The molecule has 2 aromatic carbocycles. The average Bonchev–Trinajstić information content (AvgIpc) is 3.28. The number of esters is 1. The number of amides is 1. The molecule has 2 heterocycles. The number of rotatable bonds is 7. The van der Waals surface area contributed by atoms with E-state index in [1.807, 2.05) is 47.4 Å². The van der Waals surface area contributed by atoms with Crippen LogP contribution in [0.15, 0.2) is 48.5 Å². The smallest absolute Gasteiger partial charge is 0.303 e. The van der Waals surface area contributed by atoms with E-state index in [1.54, 1.807) is 13.2 Å². The van der Waals surface area contributed by atoms with Crippen LogP contribution in [0.1, 0.15) is 56.7 Å². The van der Waals surface area contributed by atoms with Crippen LogP contribution in [0.3, 0.4) is 0 Å². The van der Waals surface area contributed by atoms with Crippen molar-refractivity contribution in [2.75, 3.05) is 27.2 Å². The maximum atomic E-state index is 13.9. The molecule has 2 aromatic rings. The van der Waals surface area contributed by atoms with Gasteiger partial charge in [-0.15, -0.1) is 0 Å². The molecule has 4 aliphatic rings. The van der Waals surface area contributed by atoms with Gasteiger partial charge in [-0.25, -0.2) is 0 Å². The summed E-state index contributed by atoms with van der Waals surface area (Å²) in [6.07, 6.45) is 6.15. The van der Waals surface area contributed by atoms with Crippen molar-refractivity contribution in [3.8, 4) is 11.5 Å². The molecule has 2 unspecified atom stereocenters. The number of piperidine rings is 1. The number of hydrogen-bond acceptors (Lipinski definition) is 6. The Hall–Kier alpha value is -3.32. The van der Waals surface area contributed by atoms with E-state index >= 15 is 0 Å². The van der Waals surface area contributed by atoms with Gasteiger partial charge in [-0.3, -0.25) is 14.5 Å². The number of hydrogen-bond donors (Lipinski definition) is 0. The van der Waals surface area contributed by atoms with Gasteiger partial charge in [0.2, 0.25) is 5.91 Å². The number of nitrogens with zero attached hydrogens (tertiary/aromatic N) is 2. The predicted octanol–water partition coefficient (Wildman–Crippen LogP) is 4.62. The summed E-state index contributed by atoms with van der Waals surface area (Å²) in [7, 11) is 3.80. The van der Waals surface area contributed by atoms with E-state index in [1.165, 1.54) is 12.5 Å². The van der Waals surface area contributed by atoms with E-state index < -0.39 is 11.0 Å². The summed E-state index contributed by atoms with van der Waals surface area (Å²) in [5.41, 5.74) is 2.05. The van der Waals surface area contributed by atoms with Crippen molar-refractivity contribution in [2.45, 2.75) is 75.7 Å². The number of methoxy groups -OCH3 is 1.